The van der Waals surface area contributed by atoms with Crippen LogP contribution in [0.3, 0.4) is 0 Å². The zero-order chi connectivity index (χ0) is 30.9. The van der Waals surface area contributed by atoms with Gasteiger partial charge in [0.05, 0.1) is 34.3 Å². The number of fused-ring (bicyclic) bond motifs is 2. The number of benzene rings is 2. The van der Waals surface area contributed by atoms with Gasteiger partial charge in [-0.2, -0.15) is 0 Å². The van der Waals surface area contributed by atoms with Crippen LogP contribution in [0.25, 0.3) is 21.8 Å². The van der Waals surface area contributed by atoms with E-state index in [1.807, 2.05) is 13.8 Å². The number of hydrogen-bond donors (Lipinski definition) is 1. The van der Waals surface area contributed by atoms with Gasteiger partial charge in [-0.05, 0) is 45.0 Å². The molecule has 0 saturated heterocycles. The van der Waals surface area contributed by atoms with Gasteiger partial charge in [0.15, 0.2) is 0 Å². The topological polar surface area (TPSA) is 107 Å². The molecule has 220 valence electrons. The normalized spacial score (nSPS) is 10.4. The molecule has 0 unspecified atom stereocenters. The molecular formula is C28H27BrCl2F2N2O6. The first-order chi connectivity index (χ1) is 19.4. The van der Waals surface area contributed by atoms with Crippen LogP contribution in [-0.4, -0.2) is 40.0 Å². The molecule has 41 heavy (non-hydrogen) atoms. The van der Waals surface area contributed by atoms with E-state index in [0.29, 0.717) is 17.6 Å². The molecule has 0 spiro atoms. The number of rotatable bonds is 5. The summed E-state index contributed by atoms with van der Waals surface area (Å²) < 4.78 is 38.1. The van der Waals surface area contributed by atoms with Crippen LogP contribution >= 0.6 is 39.1 Å². The van der Waals surface area contributed by atoms with E-state index in [4.69, 9.17) is 32.7 Å². The van der Waals surface area contributed by atoms with Crippen molar-refractivity contribution in [2.24, 2.45) is 0 Å². The van der Waals surface area contributed by atoms with Gasteiger partial charge in [-0.15, -0.1) is 0 Å². The van der Waals surface area contributed by atoms with Gasteiger partial charge in [-0.25, -0.2) is 18.4 Å². The molecule has 2 aromatic carbocycles. The van der Waals surface area contributed by atoms with Gasteiger partial charge in [-0.3, -0.25) is 9.59 Å². The molecule has 0 saturated carbocycles. The van der Waals surface area contributed by atoms with Crippen LogP contribution in [0, 0.1) is 11.6 Å². The summed E-state index contributed by atoms with van der Waals surface area (Å²) in [5.41, 5.74) is -0.568. The maximum atomic E-state index is 13.5. The molecule has 4 aromatic rings. The summed E-state index contributed by atoms with van der Waals surface area (Å²) >= 11 is 14.5. The minimum atomic E-state index is -0.740. The number of aromatic amines is 1. The molecule has 1 N–H and O–H groups in total. The molecule has 2 aromatic heterocycles. The molecule has 0 amide bonds. The summed E-state index contributed by atoms with van der Waals surface area (Å²) in [7, 11) is 0. The molecular weight excluding hydrogens is 649 g/mol. The minimum Gasteiger partial charge on any atom is -0.462 e. The smallest absolute Gasteiger partial charge is 0.343 e. The van der Waals surface area contributed by atoms with Crippen LogP contribution in [0.1, 0.15) is 48.4 Å². The van der Waals surface area contributed by atoms with Gasteiger partial charge in [0, 0.05) is 35.0 Å². The number of pyridine rings is 2. The van der Waals surface area contributed by atoms with E-state index in [0.717, 1.165) is 17.5 Å². The number of carbonyl (C=O) groups excluding carboxylic acids is 2. The Labute approximate surface area is 252 Å². The van der Waals surface area contributed by atoms with E-state index in [1.54, 1.807) is 18.4 Å². The van der Waals surface area contributed by atoms with Crippen LogP contribution < -0.4 is 10.9 Å². The van der Waals surface area contributed by atoms with Gasteiger partial charge in [-0.1, -0.05) is 46.1 Å². The zero-order valence-corrected chi connectivity index (χ0v) is 25.7. The van der Waals surface area contributed by atoms with Gasteiger partial charge >= 0.3 is 11.9 Å². The second kappa shape index (κ2) is 15.6. The van der Waals surface area contributed by atoms with Gasteiger partial charge < -0.3 is 19.0 Å². The molecule has 4 rings (SSSR count). The van der Waals surface area contributed by atoms with Crippen molar-refractivity contribution < 1.29 is 27.8 Å². The highest BCUT2D eigenvalue weighted by atomic mass is 79.9. The Bertz CT molecular complexity index is 1690. The fourth-order valence-corrected chi connectivity index (χ4v) is 3.90. The number of carbonyl (C=O) groups is 2. The predicted octanol–water partition coefficient (Wildman–Crippen LogP) is 6.89. The summed E-state index contributed by atoms with van der Waals surface area (Å²) in [6.45, 7) is 7.99. The van der Waals surface area contributed by atoms with Crippen LogP contribution in [0.2, 0.25) is 10.0 Å². The Balaban J connectivity index is 0.000000263. The molecule has 8 nitrogen and oxygen atoms in total. The summed E-state index contributed by atoms with van der Waals surface area (Å²) in [5.74, 6) is -2.86. The molecule has 13 heteroatoms. The fourth-order valence-electron chi connectivity index (χ4n) is 3.58. The zero-order valence-electron chi connectivity index (χ0n) is 22.6. The Hall–Kier alpha value is -3.28. The molecule has 0 fully saturated rings. The molecule has 2 heterocycles. The summed E-state index contributed by atoms with van der Waals surface area (Å²) in [5, 5.41) is 1.07. The number of aromatic nitrogens is 2. The minimum absolute atomic E-state index is 0.0578. The molecule has 0 atom stereocenters. The van der Waals surface area contributed by atoms with Crippen LogP contribution in [0.15, 0.2) is 46.2 Å². The number of halogens is 5. The number of H-pyrrole nitrogens is 1. The first-order valence-corrected chi connectivity index (χ1v) is 14.3. The van der Waals surface area contributed by atoms with E-state index in [1.165, 1.54) is 24.5 Å². The maximum Gasteiger partial charge on any atom is 0.343 e. The molecule has 0 radical (unpaired) electrons. The first-order valence-electron chi connectivity index (χ1n) is 12.4. The van der Waals surface area contributed by atoms with Gasteiger partial charge in [0.1, 0.15) is 22.8 Å². The number of hydrogen-bond acceptors (Lipinski definition) is 6. The fraction of sp³-hybridized carbons (Fsp3) is 0.286. The summed E-state index contributed by atoms with van der Waals surface area (Å²) in [6, 6.07) is 4.72. The lowest BCUT2D eigenvalue weighted by molar-refractivity contribution is 0.0514. The number of esters is 2. The Kier molecular flexibility index (Phi) is 12.9. The van der Waals surface area contributed by atoms with Crippen LogP contribution in [0.4, 0.5) is 8.78 Å². The number of nitrogens with zero attached hydrogens (tertiary/aromatic N) is 1. The average Bonchev–Trinajstić information content (AvgIpc) is 2.92. The van der Waals surface area contributed by atoms with Crippen LogP contribution in [0.5, 0.6) is 0 Å². The van der Waals surface area contributed by atoms with Crippen molar-refractivity contribution in [1.82, 2.24) is 9.55 Å². The Morgan fingerprint density at radius 1 is 0.854 bits per heavy atom. The van der Waals surface area contributed by atoms with E-state index in [-0.39, 0.29) is 45.2 Å². The predicted molar refractivity (Wildman–Crippen MR) is 160 cm³/mol. The van der Waals surface area contributed by atoms with Gasteiger partial charge in [0.25, 0.3) is 0 Å². The van der Waals surface area contributed by atoms with E-state index in [9.17, 15) is 28.0 Å². The lowest BCUT2D eigenvalue weighted by Crippen LogP contribution is -2.21. The monoisotopic (exact) mass is 674 g/mol. The molecule has 0 aliphatic rings. The van der Waals surface area contributed by atoms with Crippen LogP contribution in [-0.2, 0) is 16.0 Å². The SMILES string of the molecule is CCBr.CCOC(=O)c1c[nH]c2cc(Cl)c(F)cc2c1=O.CCOC(=O)c1cn(CC)c2cc(Cl)c(F)cc2c1=O. The third kappa shape index (κ3) is 8.15. The lowest BCUT2D eigenvalue weighted by atomic mass is 10.1. The third-order valence-corrected chi connectivity index (χ3v) is 5.95. The van der Waals surface area contributed by atoms with Crippen molar-refractivity contribution >= 4 is 72.9 Å². The lowest BCUT2D eigenvalue weighted by Gasteiger charge is -2.11. The molecule has 0 aliphatic heterocycles. The first kappa shape index (κ1) is 33.9. The Morgan fingerprint density at radius 3 is 1.88 bits per heavy atom. The maximum absolute atomic E-state index is 13.5. The second-order valence-corrected chi connectivity index (χ2v) is 9.93. The van der Waals surface area contributed by atoms with Crippen molar-refractivity contribution in [2.45, 2.75) is 34.2 Å². The number of alkyl halides is 1. The van der Waals surface area contributed by atoms with Crippen molar-refractivity contribution in [3.8, 4) is 0 Å². The number of nitrogens with one attached hydrogen (secondary N) is 1. The van der Waals surface area contributed by atoms with E-state index >= 15 is 0 Å². The molecule has 0 aliphatic carbocycles. The highest BCUT2D eigenvalue weighted by molar-refractivity contribution is 9.09. The quantitative estimate of drug-likeness (QED) is 0.182. The largest absolute Gasteiger partial charge is 0.462 e. The molecule has 0 bridgehead atoms. The summed E-state index contributed by atoms with van der Waals surface area (Å²) in [4.78, 5) is 50.2. The van der Waals surface area contributed by atoms with Gasteiger partial charge in [0.2, 0.25) is 10.9 Å². The Morgan fingerprint density at radius 2 is 1.34 bits per heavy atom. The summed E-state index contributed by atoms with van der Waals surface area (Å²) in [6.07, 6.45) is 2.65. The number of ether oxygens (including phenoxy) is 2. The van der Waals surface area contributed by atoms with E-state index < -0.39 is 34.4 Å². The van der Waals surface area contributed by atoms with E-state index in [2.05, 4.69) is 20.9 Å². The van der Waals surface area contributed by atoms with Crippen molar-refractivity contribution in [3.05, 3.63) is 89.9 Å². The highest BCUT2D eigenvalue weighted by Gasteiger charge is 2.18. The highest BCUT2D eigenvalue weighted by Crippen LogP contribution is 2.22. The third-order valence-electron chi connectivity index (χ3n) is 5.38. The standard InChI is InChI=1S/C14H13ClFNO3.C12H9ClFNO3.C2H5Br/c1-3-17-7-9(14(19)20-4-2)13(18)8-5-11(16)10(15)6-12(8)17;1-2-18-12(17)7-5-15-10-4-8(13)9(14)3-6(10)11(7)16;1-2-3/h5-7H,3-4H2,1-2H3;3-5H,2H2,1H3,(H,15,16);2H2,1H3. The average molecular weight is 676 g/mol. The number of aryl methyl sites for hydroxylation is 1. The second-order valence-electron chi connectivity index (χ2n) is 7.99. The van der Waals surface area contributed by atoms with Crippen molar-refractivity contribution in [3.63, 3.8) is 0 Å². The van der Waals surface area contributed by atoms with Crippen molar-refractivity contribution in [1.29, 1.82) is 0 Å². The van der Waals surface area contributed by atoms with Crippen molar-refractivity contribution in [2.75, 3.05) is 18.5 Å².